The van der Waals surface area contributed by atoms with Crippen molar-refractivity contribution < 1.29 is 22.7 Å². The molecule has 2 aromatic heterocycles. The van der Waals surface area contributed by atoms with Crippen molar-refractivity contribution in [2.45, 2.75) is 43.3 Å². The quantitative estimate of drug-likeness (QED) is 0.313. The fourth-order valence-corrected chi connectivity index (χ4v) is 4.74. The number of carbonyl (C=O) groups is 1. The van der Waals surface area contributed by atoms with Crippen molar-refractivity contribution in [1.82, 2.24) is 9.97 Å². The normalized spacial score (nSPS) is 14.8. The molecule has 4 bridgehead atoms. The Morgan fingerprint density at radius 3 is 2.64 bits per heavy atom. The Balaban J connectivity index is 1.71. The number of aromatic nitrogens is 2. The third kappa shape index (κ3) is 6.48. The zero-order chi connectivity index (χ0) is 25.5. The fraction of sp³-hybridized carbons (Fsp3) is 0.346. The molecule has 10 heteroatoms. The van der Waals surface area contributed by atoms with Gasteiger partial charge in [-0.2, -0.15) is 13.2 Å². The van der Waals surface area contributed by atoms with Crippen LogP contribution in [0.5, 0.6) is 0 Å². The van der Waals surface area contributed by atoms with E-state index in [1.165, 1.54) is 13.2 Å². The van der Waals surface area contributed by atoms with E-state index < -0.39 is 11.7 Å². The van der Waals surface area contributed by atoms with Crippen LogP contribution in [0.4, 0.5) is 24.8 Å². The molecule has 36 heavy (non-hydrogen) atoms. The van der Waals surface area contributed by atoms with Crippen LogP contribution in [0, 0.1) is 0 Å². The molecular weight excluding hydrogens is 489 g/mol. The summed E-state index contributed by atoms with van der Waals surface area (Å²) < 4.78 is 49.6. The number of hydrogen-bond donors (Lipinski definition) is 1. The zero-order valence-electron chi connectivity index (χ0n) is 19.8. The van der Waals surface area contributed by atoms with Gasteiger partial charge >= 0.3 is 12.1 Å². The minimum Gasteiger partial charge on any atom is -0.468 e. The molecule has 4 rings (SSSR count). The summed E-state index contributed by atoms with van der Waals surface area (Å²) in [5.41, 5.74) is 0.485. The highest BCUT2D eigenvalue weighted by Crippen LogP contribution is 2.38. The lowest BCUT2D eigenvalue weighted by molar-refractivity contribution is -0.139. The van der Waals surface area contributed by atoms with Crippen LogP contribution in [0.15, 0.2) is 59.6 Å². The van der Waals surface area contributed by atoms with Crippen molar-refractivity contribution >= 4 is 29.6 Å². The first-order valence-electron chi connectivity index (χ1n) is 11.7. The van der Waals surface area contributed by atoms with Gasteiger partial charge in [0.2, 0.25) is 0 Å². The van der Waals surface area contributed by atoms with Crippen LogP contribution in [0.25, 0.3) is 11.3 Å². The van der Waals surface area contributed by atoms with Crippen molar-refractivity contribution in [3.05, 3.63) is 65.7 Å². The van der Waals surface area contributed by atoms with E-state index >= 15 is 0 Å². The van der Waals surface area contributed by atoms with E-state index in [1.54, 1.807) is 18.2 Å². The summed E-state index contributed by atoms with van der Waals surface area (Å²) in [6, 6.07) is 15.0. The molecule has 0 amide bonds. The highest BCUT2D eigenvalue weighted by molar-refractivity contribution is 8.00. The summed E-state index contributed by atoms with van der Waals surface area (Å²) in [5, 5.41) is 0.593. The maximum atomic E-state index is 13.9. The third-order valence-electron chi connectivity index (χ3n) is 5.94. The summed E-state index contributed by atoms with van der Waals surface area (Å²) >= 11 is 1.15. The van der Waals surface area contributed by atoms with Crippen molar-refractivity contribution in [2.75, 3.05) is 29.8 Å². The maximum Gasteiger partial charge on any atom is 0.418 e. The van der Waals surface area contributed by atoms with E-state index in [4.69, 9.17) is 4.74 Å². The molecular formula is C26H27F3N4O2S. The van der Waals surface area contributed by atoms with Gasteiger partial charge in [-0.05, 0) is 49.1 Å². The van der Waals surface area contributed by atoms with Crippen LogP contribution in [0.2, 0.25) is 0 Å². The number of aryl methyl sites for hydroxylation is 1. The number of rotatable bonds is 2. The van der Waals surface area contributed by atoms with Crippen LogP contribution in [0.1, 0.15) is 36.8 Å². The van der Waals surface area contributed by atoms with Crippen LogP contribution < -0.4 is 9.62 Å². The largest absolute Gasteiger partial charge is 0.468 e. The Hall–Kier alpha value is -3.27. The van der Waals surface area contributed by atoms with Crippen molar-refractivity contribution in [3.8, 4) is 11.3 Å². The number of anilines is 2. The number of halogens is 3. The van der Waals surface area contributed by atoms with Crippen molar-refractivity contribution in [1.29, 1.82) is 0 Å². The lowest BCUT2D eigenvalue weighted by atomic mass is 9.96. The van der Waals surface area contributed by atoms with Gasteiger partial charge in [0.25, 0.3) is 0 Å². The second-order valence-electron chi connectivity index (χ2n) is 8.45. The van der Waals surface area contributed by atoms with Gasteiger partial charge in [0.1, 0.15) is 23.2 Å². The van der Waals surface area contributed by atoms with Gasteiger partial charge < -0.3 is 14.4 Å². The van der Waals surface area contributed by atoms with Crippen LogP contribution >= 0.6 is 11.9 Å². The van der Waals surface area contributed by atoms with Crippen molar-refractivity contribution in [2.24, 2.45) is 0 Å². The van der Waals surface area contributed by atoms with E-state index in [2.05, 4.69) is 14.7 Å². The minimum atomic E-state index is -4.53. The number of pyridine rings is 2. The fourth-order valence-electron chi connectivity index (χ4n) is 4.13. The van der Waals surface area contributed by atoms with Crippen LogP contribution in [0.3, 0.4) is 0 Å². The van der Waals surface area contributed by atoms with Crippen LogP contribution in [-0.2, 0) is 22.1 Å². The summed E-state index contributed by atoms with van der Waals surface area (Å²) in [7, 11) is 1.36. The second kappa shape index (κ2) is 11.6. The number of carbonyl (C=O) groups excluding carboxylic acids is 1. The number of alkyl halides is 3. The monoisotopic (exact) mass is 516 g/mol. The zero-order valence-corrected chi connectivity index (χ0v) is 20.7. The molecule has 1 aliphatic rings. The molecule has 3 heterocycles. The average Bonchev–Trinajstić information content (AvgIpc) is 2.88. The van der Waals surface area contributed by atoms with E-state index in [0.29, 0.717) is 35.2 Å². The number of fused-ring (bicyclic) bond motifs is 6. The predicted octanol–water partition coefficient (Wildman–Crippen LogP) is 6.38. The molecule has 0 spiro atoms. The average molecular weight is 517 g/mol. The Labute approximate surface area is 212 Å². The molecule has 190 valence electrons. The first-order valence-corrected chi connectivity index (χ1v) is 12.5. The number of benzene rings is 1. The Kier molecular flexibility index (Phi) is 8.35. The molecule has 0 atom stereocenters. The summed E-state index contributed by atoms with van der Waals surface area (Å²) in [6.45, 7) is 0.722. The molecule has 0 saturated carbocycles. The van der Waals surface area contributed by atoms with E-state index in [9.17, 15) is 18.0 Å². The number of ether oxygens (including phenoxy) is 1. The lowest BCUT2D eigenvalue weighted by Gasteiger charge is -2.23. The summed E-state index contributed by atoms with van der Waals surface area (Å²) in [4.78, 5) is 22.9. The molecule has 0 unspecified atom stereocenters. The molecule has 0 saturated heterocycles. The van der Waals surface area contributed by atoms with Gasteiger partial charge in [-0.3, -0.25) is 4.79 Å². The SMILES string of the molecule is COC(=O)CN1CCCCCCc2ccccc2-c2nc(ccc2C(F)(F)F)NSc2cccc1n2. The number of nitrogens with zero attached hydrogens (tertiary/aromatic N) is 3. The highest BCUT2D eigenvalue weighted by atomic mass is 32.2. The first kappa shape index (κ1) is 25.8. The topological polar surface area (TPSA) is 67.3 Å². The van der Waals surface area contributed by atoms with Crippen molar-refractivity contribution in [3.63, 3.8) is 0 Å². The van der Waals surface area contributed by atoms with Gasteiger partial charge in [0.15, 0.2) is 0 Å². The second-order valence-corrected chi connectivity index (χ2v) is 9.27. The Bertz CT molecular complexity index is 1210. The molecule has 1 N–H and O–H groups in total. The minimum absolute atomic E-state index is 0.0843. The molecule has 0 aliphatic carbocycles. The molecule has 1 aliphatic heterocycles. The predicted molar refractivity (Wildman–Crippen MR) is 135 cm³/mol. The van der Waals surface area contributed by atoms with Gasteiger partial charge in [-0.25, -0.2) is 9.97 Å². The standard InChI is InChI=1S/C26H27F3N4O2S/c1-35-24(34)17-33-16-7-3-2-4-9-18-10-5-6-11-19(18)25-20(26(27,28)29)14-15-21(30-25)32-36-23-13-8-12-22(33)31-23/h5-6,8,10-15H,2-4,7,9,16-17H2,1H3,(H,30,32). The van der Waals surface area contributed by atoms with Crippen LogP contribution in [-0.4, -0.2) is 36.1 Å². The molecule has 1 aromatic carbocycles. The summed E-state index contributed by atoms with van der Waals surface area (Å²) in [6.07, 6.45) is -0.385. The highest BCUT2D eigenvalue weighted by Gasteiger charge is 2.35. The number of hydrogen-bond acceptors (Lipinski definition) is 7. The lowest BCUT2D eigenvalue weighted by Crippen LogP contribution is -2.32. The summed E-state index contributed by atoms with van der Waals surface area (Å²) in [5.74, 6) is 0.572. The van der Waals surface area contributed by atoms with Gasteiger partial charge in [-0.1, -0.05) is 43.2 Å². The van der Waals surface area contributed by atoms with Gasteiger partial charge in [0, 0.05) is 24.1 Å². The maximum absolute atomic E-state index is 13.9. The van der Waals surface area contributed by atoms with Gasteiger partial charge in [0.05, 0.1) is 18.4 Å². The smallest absolute Gasteiger partial charge is 0.418 e. The Morgan fingerprint density at radius 2 is 1.83 bits per heavy atom. The van der Waals surface area contributed by atoms with E-state index in [0.717, 1.165) is 49.3 Å². The number of esters is 1. The molecule has 0 radical (unpaired) electrons. The van der Waals surface area contributed by atoms with E-state index in [-0.39, 0.29) is 18.2 Å². The number of methoxy groups -OCH3 is 1. The van der Waals surface area contributed by atoms with E-state index in [1.807, 2.05) is 29.2 Å². The number of nitrogens with one attached hydrogen (secondary N) is 1. The first-order chi connectivity index (χ1) is 17.3. The third-order valence-corrected chi connectivity index (χ3v) is 6.69. The Morgan fingerprint density at radius 1 is 1.03 bits per heavy atom. The molecule has 6 nitrogen and oxygen atoms in total. The molecule has 0 fully saturated rings. The molecule has 3 aromatic rings. The van der Waals surface area contributed by atoms with Gasteiger partial charge in [-0.15, -0.1) is 0 Å².